The van der Waals surface area contributed by atoms with Crippen LogP contribution in [0.3, 0.4) is 0 Å². The van der Waals surface area contributed by atoms with E-state index in [1.807, 2.05) is 0 Å². The van der Waals surface area contributed by atoms with Crippen molar-refractivity contribution in [2.75, 3.05) is 13.1 Å². The Hall–Kier alpha value is -0.810. The van der Waals surface area contributed by atoms with E-state index in [1.165, 1.54) is 6.26 Å². The Labute approximate surface area is 90.2 Å². The quantitative estimate of drug-likeness (QED) is 0.824. The van der Waals surface area contributed by atoms with E-state index in [2.05, 4.69) is 15.9 Å². The molecule has 76 valence electrons. The molecule has 4 nitrogen and oxygen atoms in total. The van der Waals surface area contributed by atoms with Crippen molar-refractivity contribution in [1.82, 2.24) is 4.90 Å². The van der Waals surface area contributed by atoms with Crippen LogP contribution in [0.5, 0.6) is 0 Å². The standard InChI is InChI=1S/C9H11BrN2O2/c10-8-7(2-4-14-8)9(13)12-3-1-6(11)5-12/h2,4,6H,1,3,5,11H2/t6-/m1/s1. The van der Waals surface area contributed by atoms with Gasteiger partial charge < -0.3 is 15.1 Å². The maximum absolute atomic E-state index is 11.9. The van der Waals surface area contributed by atoms with Crippen molar-refractivity contribution in [2.45, 2.75) is 12.5 Å². The summed E-state index contributed by atoms with van der Waals surface area (Å²) in [5.41, 5.74) is 6.29. The van der Waals surface area contributed by atoms with E-state index in [0.717, 1.165) is 13.0 Å². The van der Waals surface area contributed by atoms with Gasteiger partial charge in [-0.1, -0.05) is 0 Å². The van der Waals surface area contributed by atoms with Gasteiger partial charge in [0.15, 0.2) is 4.67 Å². The molecular weight excluding hydrogens is 248 g/mol. The minimum absolute atomic E-state index is 0.0152. The van der Waals surface area contributed by atoms with E-state index >= 15 is 0 Å². The van der Waals surface area contributed by atoms with Crippen molar-refractivity contribution in [2.24, 2.45) is 5.73 Å². The number of amides is 1. The first kappa shape index (κ1) is 9.73. The average Bonchev–Trinajstić information content (AvgIpc) is 2.73. The summed E-state index contributed by atoms with van der Waals surface area (Å²) in [4.78, 5) is 13.6. The van der Waals surface area contributed by atoms with Crippen LogP contribution >= 0.6 is 15.9 Å². The molecule has 14 heavy (non-hydrogen) atoms. The second-order valence-electron chi connectivity index (χ2n) is 3.41. The van der Waals surface area contributed by atoms with E-state index in [0.29, 0.717) is 16.8 Å². The van der Waals surface area contributed by atoms with Gasteiger partial charge in [0.2, 0.25) is 0 Å². The maximum atomic E-state index is 11.9. The first-order chi connectivity index (χ1) is 6.68. The van der Waals surface area contributed by atoms with Crippen molar-refractivity contribution in [3.63, 3.8) is 0 Å². The first-order valence-electron chi connectivity index (χ1n) is 4.46. The molecule has 0 aromatic carbocycles. The number of hydrogen-bond donors (Lipinski definition) is 1. The Balaban J connectivity index is 2.13. The maximum Gasteiger partial charge on any atom is 0.258 e. The lowest BCUT2D eigenvalue weighted by Gasteiger charge is -2.14. The van der Waals surface area contributed by atoms with Crippen LogP contribution in [0.15, 0.2) is 21.4 Å². The molecule has 1 aromatic rings. The number of carbonyl (C=O) groups is 1. The molecule has 0 bridgehead atoms. The lowest BCUT2D eigenvalue weighted by Crippen LogP contribution is -2.31. The van der Waals surface area contributed by atoms with Crippen LogP contribution < -0.4 is 5.73 Å². The second kappa shape index (κ2) is 3.74. The normalized spacial score (nSPS) is 21.6. The van der Waals surface area contributed by atoms with Gasteiger partial charge >= 0.3 is 0 Å². The average molecular weight is 259 g/mol. The molecule has 1 aliphatic rings. The van der Waals surface area contributed by atoms with Crippen LogP contribution in [0.1, 0.15) is 16.8 Å². The van der Waals surface area contributed by atoms with Gasteiger partial charge in [-0.2, -0.15) is 0 Å². The lowest BCUT2D eigenvalue weighted by molar-refractivity contribution is 0.0789. The summed E-state index contributed by atoms with van der Waals surface area (Å²) in [6, 6.07) is 1.78. The summed E-state index contributed by atoms with van der Waals surface area (Å²) >= 11 is 3.18. The minimum Gasteiger partial charge on any atom is -0.457 e. The molecule has 1 fully saturated rings. The predicted molar refractivity (Wildman–Crippen MR) is 54.9 cm³/mol. The third-order valence-corrected chi connectivity index (χ3v) is 2.97. The van der Waals surface area contributed by atoms with Crippen molar-refractivity contribution in [1.29, 1.82) is 0 Å². The Bertz CT molecular complexity index is 350. The van der Waals surface area contributed by atoms with Crippen molar-refractivity contribution < 1.29 is 9.21 Å². The number of rotatable bonds is 1. The highest BCUT2D eigenvalue weighted by Crippen LogP contribution is 2.21. The SMILES string of the molecule is N[C@@H]1CCN(C(=O)c2ccoc2Br)C1. The molecule has 1 amide bonds. The zero-order chi connectivity index (χ0) is 10.1. The molecule has 1 atom stereocenters. The summed E-state index contributed by atoms with van der Waals surface area (Å²) in [7, 11) is 0. The molecule has 0 spiro atoms. The van der Waals surface area contributed by atoms with Crippen LogP contribution in [0.25, 0.3) is 0 Å². The molecule has 0 saturated carbocycles. The van der Waals surface area contributed by atoms with Crippen LogP contribution in [-0.4, -0.2) is 29.9 Å². The van der Waals surface area contributed by atoms with Crippen molar-refractivity contribution in [3.05, 3.63) is 22.6 Å². The fraction of sp³-hybridized carbons (Fsp3) is 0.444. The van der Waals surface area contributed by atoms with Crippen molar-refractivity contribution in [3.8, 4) is 0 Å². The molecule has 1 saturated heterocycles. The fourth-order valence-electron chi connectivity index (χ4n) is 1.59. The Kier molecular flexibility index (Phi) is 2.60. The van der Waals surface area contributed by atoms with Gasteiger partial charge in [-0.25, -0.2) is 0 Å². The van der Waals surface area contributed by atoms with Crippen LogP contribution in [-0.2, 0) is 0 Å². The van der Waals surface area contributed by atoms with Crippen molar-refractivity contribution >= 4 is 21.8 Å². The summed E-state index contributed by atoms with van der Waals surface area (Å²) in [5, 5.41) is 0. The van der Waals surface area contributed by atoms with E-state index in [4.69, 9.17) is 10.2 Å². The molecule has 0 radical (unpaired) electrons. The van der Waals surface area contributed by atoms with E-state index in [1.54, 1.807) is 11.0 Å². The third-order valence-electron chi connectivity index (χ3n) is 2.36. The van der Waals surface area contributed by atoms with Gasteiger partial charge in [-0.05, 0) is 28.4 Å². The second-order valence-corrected chi connectivity index (χ2v) is 4.13. The molecule has 2 rings (SSSR count). The largest absolute Gasteiger partial charge is 0.457 e. The van der Waals surface area contributed by atoms with E-state index in [-0.39, 0.29) is 11.9 Å². The Morgan fingerprint density at radius 3 is 3.00 bits per heavy atom. The number of halogens is 1. The van der Waals surface area contributed by atoms with Gasteiger partial charge in [0.05, 0.1) is 11.8 Å². The zero-order valence-corrected chi connectivity index (χ0v) is 9.16. The highest BCUT2D eigenvalue weighted by atomic mass is 79.9. The van der Waals surface area contributed by atoms with Crippen LogP contribution in [0, 0.1) is 0 Å². The minimum atomic E-state index is -0.0152. The summed E-state index contributed by atoms with van der Waals surface area (Å²) in [6.07, 6.45) is 2.37. The lowest BCUT2D eigenvalue weighted by atomic mass is 10.3. The summed E-state index contributed by atoms with van der Waals surface area (Å²) < 4.78 is 5.50. The van der Waals surface area contributed by atoms with Gasteiger partial charge in [0, 0.05) is 19.1 Å². The molecule has 2 heterocycles. The topological polar surface area (TPSA) is 59.5 Å². The van der Waals surface area contributed by atoms with Crippen LogP contribution in [0.4, 0.5) is 0 Å². The molecular formula is C9H11BrN2O2. The van der Waals surface area contributed by atoms with Gasteiger partial charge in [0.1, 0.15) is 0 Å². The number of likely N-dealkylation sites (tertiary alicyclic amines) is 1. The smallest absolute Gasteiger partial charge is 0.258 e. The third kappa shape index (κ3) is 1.69. The molecule has 0 aliphatic carbocycles. The summed E-state index contributed by atoms with van der Waals surface area (Å²) in [5.74, 6) is -0.0152. The fourth-order valence-corrected chi connectivity index (χ4v) is 2.00. The Morgan fingerprint density at radius 1 is 1.71 bits per heavy atom. The van der Waals surface area contributed by atoms with Crippen LogP contribution in [0.2, 0.25) is 0 Å². The first-order valence-corrected chi connectivity index (χ1v) is 5.25. The van der Waals surface area contributed by atoms with E-state index in [9.17, 15) is 4.79 Å². The number of carbonyl (C=O) groups excluding carboxylic acids is 1. The highest BCUT2D eigenvalue weighted by Gasteiger charge is 2.26. The molecule has 1 aliphatic heterocycles. The number of nitrogens with two attached hydrogens (primary N) is 1. The molecule has 5 heteroatoms. The van der Waals surface area contributed by atoms with Gasteiger partial charge in [-0.15, -0.1) is 0 Å². The molecule has 1 aromatic heterocycles. The number of nitrogens with zero attached hydrogens (tertiary/aromatic N) is 1. The molecule has 2 N–H and O–H groups in total. The Morgan fingerprint density at radius 2 is 2.50 bits per heavy atom. The zero-order valence-electron chi connectivity index (χ0n) is 7.57. The monoisotopic (exact) mass is 258 g/mol. The molecule has 0 unspecified atom stereocenters. The summed E-state index contributed by atoms with van der Waals surface area (Å²) in [6.45, 7) is 1.37. The van der Waals surface area contributed by atoms with Gasteiger partial charge in [0.25, 0.3) is 5.91 Å². The number of hydrogen-bond acceptors (Lipinski definition) is 3. The van der Waals surface area contributed by atoms with E-state index < -0.39 is 0 Å². The van der Waals surface area contributed by atoms with Gasteiger partial charge in [-0.3, -0.25) is 4.79 Å². The number of furan rings is 1. The predicted octanol–water partition coefficient (Wildman–Crippen LogP) is 1.22. The highest BCUT2D eigenvalue weighted by molar-refractivity contribution is 9.10.